The Kier molecular flexibility index (Phi) is 5.50. The second kappa shape index (κ2) is 7.37. The fourth-order valence-electron chi connectivity index (χ4n) is 1.89. The molecule has 1 saturated heterocycles. The van der Waals surface area contributed by atoms with E-state index in [4.69, 9.17) is 16.3 Å². The lowest BCUT2D eigenvalue weighted by Gasteiger charge is -2.22. The normalized spacial score (nSPS) is 16.3. The number of aromatic nitrogens is 2. The Labute approximate surface area is 116 Å². The van der Waals surface area contributed by atoms with Crippen molar-refractivity contribution < 1.29 is 9.53 Å². The third-order valence-electron chi connectivity index (χ3n) is 2.87. The van der Waals surface area contributed by atoms with Crippen molar-refractivity contribution in [2.24, 2.45) is 0 Å². The van der Waals surface area contributed by atoms with Gasteiger partial charge in [-0.15, -0.1) is 0 Å². The zero-order chi connectivity index (χ0) is 13.5. The van der Waals surface area contributed by atoms with Crippen LogP contribution < -0.4 is 10.6 Å². The van der Waals surface area contributed by atoms with E-state index in [0.29, 0.717) is 24.0 Å². The summed E-state index contributed by atoms with van der Waals surface area (Å²) in [5.74, 6) is 0.274. The molecule has 19 heavy (non-hydrogen) atoms. The molecular weight excluding hydrogens is 268 g/mol. The number of ether oxygens (including phenoxy) is 1. The van der Waals surface area contributed by atoms with Gasteiger partial charge in [0.05, 0.1) is 19.1 Å². The van der Waals surface area contributed by atoms with Crippen molar-refractivity contribution in [1.29, 1.82) is 0 Å². The summed E-state index contributed by atoms with van der Waals surface area (Å²) in [7, 11) is 0. The average molecular weight is 285 g/mol. The highest BCUT2D eigenvalue weighted by Crippen LogP contribution is 2.10. The summed E-state index contributed by atoms with van der Waals surface area (Å²) in [5.41, 5.74) is 0. The first-order chi connectivity index (χ1) is 9.24. The first-order valence-electron chi connectivity index (χ1n) is 6.34. The lowest BCUT2D eigenvalue weighted by atomic mass is 10.1. The Balaban J connectivity index is 1.67. The fraction of sp³-hybridized carbons (Fsp3) is 0.583. The van der Waals surface area contributed by atoms with Gasteiger partial charge in [0.1, 0.15) is 17.3 Å². The van der Waals surface area contributed by atoms with Crippen molar-refractivity contribution in [3.63, 3.8) is 0 Å². The maximum atomic E-state index is 11.7. The average Bonchev–Trinajstić information content (AvgIpc) is 2.40. The molecule has 0 atom stereocenters. The second-order valence-corrected chi connectivity index (χ2v) is 4.73. The Morgan fingerprint density at radius 1 is 1.47 bits per heavy atom. The molecule has 0 radical (unpaired) electrons. The van der Waals surface area contributed by atoms with Gasteiger partial charge in [-0.1, -0.05) is 11.6 Å². The van der Waals surface area contributed by atoms with Crippen molar-refractivity contribution in [3.8, 4) is 0 Å². The van der Waals surface area contributed by atoms with Crippen LogP contribution in [0.15, 0.2) is 12.4 Å². The van der Waals surface area contributed by atoms with Gasteiger partial charge in [-0.25, -0.2) is 9.97 Å². The van der Waals surface area contributed by atoms with Crippen molar-refractivity contribution in [3.05, 3.63) is 17.5 Å². The van der Waals surface area contributed by atoms with Crippen LogP contribution in [-0.2, 0) is 9.53 Å². The number of rotatable bonds is 5. The minimum Gasteiger partial charge on any atom is -0.378 e. The standard InChI is InChI=1S/C12H17ClN4O2/c13-10-7-11(16-8-15-10)17-12(18)3-6-19-9-1-4-14-5-2-9/h7-9,14H,1-6H2,(H,15,16,17,18). The maximum Gasteiger partial charge on any atom is 0.227 e. The van der Waals surface area contributed by atoms with Gasteiger partial charge in [-0.3, -0.25) is 4.79 Å². The number of amides is 1. The molecule has 1 amide bonds. The molecule has 2 rings (SSSR count). The van der Waals surface area contributed by atoms with Gasteiger partial charge < -0.3 is 15.4 Å². The zero-order valence-corrected chi connectivity index (χ0v) is 11.3. The van der Waals surface area contributed by atoms with Crippen molar-refractivity contribution in [2.45, 2.75) is 25.4 Å². The number of halogens is 1. The number of anilines is 1. The molecule has 0 spiro atoms. The first kappa shape index (κ1) is 14.2. The van der Waals surface area contributed by atoms with Crippen LogP contribution in [-0.4, -0.2) is 41.7 Å². The van der Waals surface area contributed by atoms with Crippen LogP contribution in [0.1, 0.15) is 19.3 Å². The van der Waals surface area contributed by atoms with Crippen LogP contribution >= 0.6 is 11.6 Å². The summed E-state index contributed by atoms with van der Waals surface area (Å²) in [6.07, 6.45) is 3.89. The Morgan fingerprint density at radius 3 is 3.00 bits per heavy atom. The fourth-order valence-corrected chi connectivity index (χ4v) is 2.03. The lowest BCUT2D eigenvalue weighted by molar-refractivity contribution is -0.117. The summed E-state index contributed by atoms with van der Waals surface area (Å²) in [6, 6.07) is 1.51. The Bertz CT molecular complexity index is 424. The Morgan fingerprint density at radius 2 is 2.26 bits per heavy atom. The molecule has 0 aliphatic carbocycles. The molecule has 0 bridgehead atoms. The molecule has 1 aliphatic heterocycles. The largest absolute Gasteiger partial charge is 0.378 e. The monoisotopic (exact) mass is 284 g/mol. The second-order valence-electron chi connectivity index (χ2n) is 4.34. The van der Waals surface area contributed by atoms with Crippen LogP contribution in [0.5, 0.6) is 0 Å². The van der Waals surface area contributed by atoms with Gasteiger partial charge in [0.15, 0.2) is 0 Å². The predicted molar refractivity (Wildman–Crippen MR) is 72.1 cm³/mol. The van der Waals surface area contributed by atoms with Crippen LogP contribution in [0.2, 0.25) is 5.15 Å². The highest BCUT2D eigenvalue weighted by atomic mass is 35.5. The molecule has 6 nitrogen and oxygen atoms in total. The van der Waals surface area contributed by atoms with Gasteiger partial charge in [0, 0.05) is 6.07 Å². The van der Waals surface area contributed by atoms with Crippen LogP contribution in [0.25, 0.3) is 0 Å². The molecule has 7 heteroatoms. The van der Waals surface area contributed by atoms with Gasteiger partial charge in [0.2, 0.25) is 5.91 Å². The van der Waals surface area contributed by atoms with E-state index in [1.165, 1.54) is 12.4 Å². The number of hydrogen-bond donors (Lipinski definition) is 2. The van der Waals surface area contributed by atoms with Crippen LogP contribution in [0.3, 0.4) is 0 Å². The van der Waals surface area contributed by atoms with Crippen molar-refractivity contribution in [2.75, 3.05) is 25.0 Å². The van der Waals surface area contributed by atoms with Gasteiger partial charge in [-0.2, -0.15) is 0 Å². The van der Waals surface area contributed by atoms with Crippen LogP contribution in [0, 0.1) is 0 Å². The number of carbonyl (C=O) groups is 1. The molecule has 2 N–H and O–H groups in total. The molecule has 0 unspecified atom stereocenters. The smallest absolute Gasteiger partial charge is 0.227 e. The van der Waals surface area contributed by atoms with E-state index in [1.54, 1.807) is 0 Å². The number of hydrogen-bond acceptors (Lipinski definition) is 5. The molecule has 1 aliphatic rings. The quantitative estimate of drug-likeness (QED) is 0.795. The third-order valence-corrected chi connectivity index (χ3v) is 3.08. The Hall–Kier alpha value is -1.24. The number of nitrogens with one attached hydrogen (secondary N) is 2. The number of piperidine rings is 1. The van der Waals surface area contributed by atoms with Gasteiger partial charge in [0.25, 0.3) is 0 Å². The molecule has 0 saturated carbocycles. The van der Waals surface area contributed by atoms with E-state index < -0.39 is 0 Å². The zero-order valence-electron chi connectivity index (χ0n) is 10.6. The van der Waals surface area contributed by atoms with Gasteiger partial charge in [-0.05, 0) is 25.9 Å². The van der Waals surface area contributed by atoms with E-state index in [1.807, 2.05) is 0 Å². The molecule has 0 aromatic carbocycles. The highest BCUT2D eigenvalue weighted by molar-refractivity contribution is 6.29. The van der Waals surface area contributed by atoms with E-state index in [-0.39, 0.29) is 12.0 Å². The summed E-state index contributed by atoms with van der Waals surface area (Å²) in [4.78, 5) is 19.3. The van der Waals surface area contributed by atoms with E-state index >= 15 is 0 Å². The molecule has 1 aromatic rings. The van der Waals surface area contributed by atoms with Crippen LogP contribution in [0.4, 0.5) is 5.82 Å². The molecular formula is C12H17ClN4O2. The summed E-state index contributed by atoms with van der Waals surface area (Å²) in [6.45, 7) is 2.39. The molecule has 2 heterocycles. The summed E-state index contributed by atoms with van der Waals surface area (Å²) < 4.78 is 5.66. The van der Waals surface area contributed by atoms with E-state index in [2.05, 4.69) is 20.6 Å². The SMILES string of the molecule is O=C(CCOC1CCNCC1)Nc1cc(Cl)ncn1. The van der Waals surface area contributed by atoms with E-state index in [9.17, 15) is 4.79 Å². The lowest BCUT2D eigenvalue weighted by Crippen LogP contribution is -2.33. The number of carbonyl (C=O) groups excluding carboxylic acids is 1. The first-order valence-corrected chi connectivity index (χ1v) is 6.71. The van der Waals surface area contributed by atoms with Gasteiger partial charge >= 0.3 is 0 Å². The minimum absolute atomic E-state index is 0.135. The van der Waals surface area contributed by atoms with E-state index in [0.717, 1.165) is 25.9 Å². The summed E-state index contributed by atoms with van der Waals surface area (Å²) >= 11 is 5.70. The number of nitrogens with zero attached hydrogens (tertiary/aromatic N) is 2. The molecule has 104 valence electrons. The third kappa shape index (κ3) is 5.10. The highest BCUT2D eigenvalue weighted by Gasteiger charge is 2.13. The molecule has 1 aromatic heterocycles. The topological polar surface area (TPSA) is 76.1 Å². The van der Waals surface area contributed by atoms with Crippen molar-refractivity contribution >= 4 is 23.3 Å². The summed E-state index contributed by atoms with van der Waals surface area (Å²) in [5, 5.41) is 6.22. The minimum atomic E-state index is -0.135. The maximum absolute atomic E-state index is 11.7. The molecule has 1 fully saturated rings. The predicted octanol–water partition coefficient (Wildman–Crippen LogP) is 1.23. The van der Waals surface area contributed by atoms with Crippen molar-refractivity contribution in [1.82, 2.24) is 15.3 Å².